The molecule has 3 aromatic rings. The summed E-state index contributed by atoms with van der Waals surface area (Å²) in [5.41, 5.74) is 10.7. The molecule has 0 atom stereocenters. The number of amides is 1. The number of nitrogens with zero attached hydrogens (tertiary/aromatic N) is 3. The summed E-state index contributed by atoms with van der Waals surface area (Å²) >= 11 is 1.18. The molecule has 1 aliphatic heterocycles. The third-order valence-electron chi connectivity index (χ3n) is 5.23. The van der Waals surface area contributed by atoms with Crippen LogP contribution in [-0.2, 0) is 0 Å². The number of benzene rings is 2. The molecular formula is C22H24N4O2S. The van der Waals surface area contributed by atoms with Gasteiger partial charge in [0.05, 0.1) is 12.8 Å². The summed E-state index contributed by atoms with van der Waals surface area (Å²) in [4.78, 5) is 17.7. The van der Waals surface area contributed by atoms with E-state index >= 15 is 0 Å². The molecule has 0 radical (unpaired) electrons. The van der Waals surface area contributed by atoms with Gasteiger partial charge in [0, 0.05) is 43.5 Å². The summed E-state index contributed by atoms with van der Waals surface area (Å²) in [7, 11) is 1.67. The highest BCUT2D eigenvalue weighted by Gasteiger charge is 2.27. The molecule has 2 heterocycles. The molecule has 1 aliphatic rings. The minimum atomic E-state index is -0.0383. The number of nitrogens with two attached hydrogens (primary N) is 1. The van der Waals surface area contributed by atoms with Crippen LogP contribution in [0.25, 0.3) is 11.3 Å². The maximum absolute atomic E-state index is 13.0. The number of methoxy groups -OCH3 is 1. The van der Waals surface area contributed by atoms with Gasteiger partial charge in [0.1, 0.15) is 16.3 Å². The van der Waals surface area contributed by atoms with E-state index in [1.807, 2.05) is 54.3 Å². The Morgan fingerprint density at radius 1 is 1.10 bits per heavy atom. The number of rotatable bonds is 4. The average molecular weight is 409 g/mol. The Kier molecular flexibility index (Phi) is 5.40. The van der Waals surface area contributed by atoms with E-state index in [1.54, 1.807) is 7.11 Å². The topological polar surface area (TPSA) is 71.7 Å². The van der Waals surface area contributed by atoms with Gasteiger partial charge in [-0.15, -0.1) is 0 Å². The minimum Gasteiger partial charge on any atom is -0.497 e. The average Bonchev–Trinajstić information content (AvgIpc) is 3.15. The maximum atomic E-state index is 13.0. The van der Waals surface area contributed by atoms with Crippen LogP contribution < -0.4 is 15.4 Å². The monoisotopic (exact) mass is 408 g/mol. The van der Waals surface area contributed by atoms with Crippen LogP contribution in [0.15, 0.2) is 48.5 Å². The first-order chi connectivity index (χ1) is 14.1. The first-order valence-corrected chi connectivity index (χ1v) is 10.3. The Morgan fingerprint density at radius 2 is 1.83 bits per heavy atom. The lowest BCUT2D eigenvalue weighted by molar-refractivity contribution is 0.0752. The number of nitrogen functional groups attached to an aromatic ring is 1. The van der Waals surface area contributed by atoms with E-state index < -0.39 is 0 Å². The molecule has 0 saturated carbocycles. The van der Waals surface area contributed by atoms with Crippen molar-refractivity contribution in [1.29, 1.82) is 0 Å². The number of piperazine rings is 1. The fourth-order valence-electron chi connectivity index (χ4n) is 3.49. The molecule has 1 saturated heterocycles. The lowest BCUT2D eigenvalue weighted by atomic mass is 10.1. The zero-order valence-corrected chi connectivity index (χ0v) is 17.4. The molecule has 1 amide bonds. The van der Waals surface area contributed by atoms with Gasteiger partial charge < -0.3 is 20.3 Å². The quantitative estimate of drug-likeness (QED) is 0.713. The van der Waals surface area contributed by atoms with Crippen molar-refractivity contribution in [3.63, 3.8) is 0 Å². The fourth-order valence-corrected chi connectivity index (χ4v) is 4.28. The van der Waals surface area contributed by atoms with E-state index in [2.05, 4.69) is 15.3 Å². The van der Waals surface area contributed by atoms with Crippen LogP contribution in [0.2, 0.25) is 0 Å². The van der Waals surface area contributed by atoms with Gasteiger partial charge in [0.15, 0.2) is 0 Å². The predicted octanol–water partition coefficient (Wildman–Crippen LogP) is 3.67. The van der Waals surface area contributed by atoms with Crippen LogP contribution in [0, 0.1) is 6.92 Å². The molecule has 150 valence electrons. The van der Waals surface area contributed by atoms with Crippen LogP contribution in [0.3, 0.4) is 0 Å². The van der Waals surface area contributed by atoms with Crippen molar-refractivity contribution < 1.29 is 9.53 Å². The lowest BCUT2D eigenvalue weighted by Crippen LogP contribution is -2.48. The second kappa shape index (κ2) is 8.13. The van der Waals surface area contributed by atoms with Crippen LogP contribution >= 0.6 is 11.5 Å². The first-order valence-electron chi connectivity index (χ1n) is 9.57. The largest absolute Gasteiger partial charge is 0.497 e. The number of carbonyl (C=O) groups excluding carboxylic acids is 1. The Hall–Kier alpha value is -3.06. The third kappa shape index (κ3) is 3.91. The van der Waals surface area contributed by atoms with Gasteiger partial charge in [-0.25, -0.2) is 0 Å². The summed E-state index contributed by atoms with van der Waals surface area (Å²) in [6.45, 7) is 4.86. The molecule has 6 nitrogen and oxygen atoms in total. The van der Waals surface area contributed by atoms with E-state index in [9.17, 15) is 4.79 Å². The SMILES string of the molecule is COc1cccc(N2CCN(C(=O)c3snc(-c4ccc(C)cc4)c3N)CC2)c1. The van der Waals surface area contributed by atoms with Crippen molar-refractivity contribution in [2.24, 2.45) is 0 Å². The molecule has 2 aromatic carbocycles. The zero-order valence-electron chi connectivity index (χ0n) is 16.6. The van der Waals surface area contributed by atoms with Crippen molar-refractivity contribution in [2.45, 2.75) is 6.92 Å². The van der Waals surface area contributed by atoms with Crippen molar-refractivity contribution in [2.75, 3.05) is 43.9 Å². The summed E-state index contributed by atoms with van der Waals surface area (Å²) in [6.07, 6.45) is 0. The maximum Gasteiger partial charge on any atom is 0.267 e. The molecular weight excluding hydrogens is 384 g/mol. The summed E-state index contributed by atoms with van der Waals surface area (Å²) < 4.78 is 9.77. The van der Waals surface area contributed by atoms with E-state index in [-0.39, 0.29) is 5.91 Å². The summed E-state index contributed by atoms with van der Waals surface area (Å²) in [5.74, 6) is 0.797. The third-order valence-corrected chi connectivity index (χ3v) is 6.08. The van der Waals surface area contributed by atoms with Gasteiger partial charge in [-0.1, -0.05) is 35.9 Å². The first kappa shape index (κ1) is 19.3. The van der Waals surface area contributed by atoms with E-state index in [0.717, 1.165) is 30.1 Å². The Labute approximate surface area is 174 Å². The van der Waals surface area contributed by atoms with Crippen LogP contribution in [0.1, 0.15) is 15.2 Å². The molecule has 1 aromatic heterocycles. The molecule has 7 heteroatoms. The summed E-state index contributed by atoms with van der Waals surface area (Å²) in [5, 5.41) is 0. The number of hydrogen-bond donors (Lipinski definition) is 1. The molecule has 1 fully saturated rings. The van der Waals surface area contributed by atoms with Crippen molar-refractivity contribution in [1.82, 2.24) is 9.27 Å². The number of ether oxygens (including phenoxy) is 1. The second-order valence-electron chi connectivity index (χ2n) is 7.12. The fraction of sp³-hybridized carbons (Fsp3) is 0.273. The molecule has 0 bridgehead atoms. The van der Waals surface area contributed by atoms with Gasteiger partial charge in [0.2, 0.25) is 0 Å². The zero-order chi connectivity index (χ0) is 20.4. The number of aromatic nitrogens is 1. The van der Waals surface area contributed by atoms with Crippen LogP contribution in [-0.4, -0.2) is 48.5 Å². The molecule has 29 heavy (non-hydrogen) atoms. The smallest absolute Gasteiger partial charge is 0.267 e. The Morgan fingerprint density at radius 3 is 2.52 bits per heavy atom. The normalized spacial score (nSPS) is 14.1. The number of hydrogen-bond acceptors (Lipinski definition) is 6. The number of carbonyl (C=O) groups is 1. The number of aryl methyl sites for hydroxylation is 1. The highest BCUT2D eigenvalue weighted by atomic mass is 32.1. The molecule has 4 rings (SSSR count). The molecule has 0 spiro atoms. The van der Waals surface area contributed by atoms with Gasteiger partial charge in [0.25, 0.3) is 5.91 Å². The standard InChI is InChI=1S/C22H24N4O2S/c1-15-6-8-16(9-7-15)20-19(23)21(29-24-20)22(27)26-12-10-25(11-13-26)17-4-3-5-18(14-17)28-2/h3-9,14H,10-13,23H2,1-2H3. The van der Waals surface area contributed by atoms with Crippen LogP contribution in [0.5, 0.6) is 5.75 Å². The molecule has 0 unspecified atom stereocenters. The van der Waals surface area contributed by atoms with Gasteiger partial charge in [-0.2, -0.15) is 4.37 Å². The van der Waals surface area contributed by atoms with Crippen molar-refractivity contribution >= 4 is 28.8 Å². The van der Waals surface area contributed by atoms with Gasteiger partial charge in [-0.3, -0.25) is 4.79 Å². The number of anilines is 2. The van der Waals surface area contributed by atoms with Gasteiger partial charge >= 0.3 is 0 Å². The van der Waals surface area contributed by atoms with E-state index in [0.29, 0.717) is 29.3 Å². The molecule has 2 N–H and O–H groups in total. The van der Waals surface area contributed by atoms with E-state index in [1.165, 1.54) is 17.1 Å². The Balaban J connectivity index is 1.45. The highest BCUT2D eigenvalue weighted by molar-refractivity contribution is 7.09. The Bertz CT molecular complexity index is 1010. The lowest BCUT2D eigenvalue weighted by Gasteiger charge is -2.36. The summed E-state index contributed by atoms with van der Waals surface area (Å²) in [6, 6.07) is 16.0. The van der Waals surface area contributed by atoms with E-state index in [4.69, 9.17) is 10.5 Å². The van der Waals surface area contributed by atoms with Gasteiger partial charge in [-0.05, 0) is 30.6 Å². The van der Waals surface area contributed by atoms with Crippen LogP contribution in [0.4, 0.5) is 11.4 Å². The molecule has 0 aliphatic carbocycles. The minimum absolute atomic E-state index is 0.0383. The second-order valence-corrected chi connectivity index (χ2v) is 7.89. The highest BCUT2D eigenvalue weighted by Crippen LogP contribution is 2.32. The van der Waals surface area contributed by atoms with Crippen molar-refractivity contribution in [3.05, 3.63) is 59.0 Å². The predicted molar refractivity (Wildman–Crippen MR) is 118 cm³/mol. The van der Waals surface area contributed by atoms with Crippen molar-refractivity contribution in [3.8, 4) is 17.0 Å².